The highest BCUT2D eigenvalue weighted by Crippen LogP contribution is 2.22. The molecule has 20 heavy (non-hydrogen) atoms. The molecule has 4 heteroatoms. The molecule has 0 amide bonds. The van der Waals surface area contributed by atoms with E-state index in [1.54, 1.807) is 12.1 Å². The Bertz CT molecular complexity index is 443. The predicted molar refractivity (Wildman–Crippen MR) is 80.6 cm³/mol. The van der Waals surface area contributed by atoms with Gasteiger partial charge in [0.05, 0.1) is 5.69 Å². The Labute approximate surface area is 120 Å². The molecule has 1 aromatic carbocycles. The van der Waals surface area contributed by atoms with E-state index in [-0.39, 0.29) is 5.82 Å². The minimum absolute atomic E-state index is 0.102. The van der Waals surface area contributed by atoms with Gasteiger partial charge in [-0.1, -0.05) is 19.1 Å². The van der Waals surface area contributed by atoms with Gasteiger partial charge in [0.15, 0.2) is 0 Å². The van der Waals surface area contributed by atoms with E-state index in [2.05, 4.69) is 22.0 Å². The van der Waals surface area contributed by atoms with Crippen LogP contribution in [0.2, 0.25) is 0 Å². The fourth-order valence-electron chi connectivity index (χ4n) is 3.32. The maximum absolute atomic E-state index is 13.8. The van der Waals surface area contributed by atoms with E-state index < -0.39 is 0 Å². The second kappa shape index (κ2) is 6.10. The van der Waals surface area contributed by atoms with E-state index >= 15 is 0 Å². The zero-order chi connectivity index (χ0) is 13.9. The maximum atomic E-state index is 13.8. The molecule has 0 aliphatic carbocycles. The molecule has 1 N–H and O–H groups in total. The number of nitrogens with one attached hydrogen (secondary N) is 1. The van der Waals surface area contributed by atoms with Crippen molar-refractivity contribution in [1.29, 1.82) is 0 Å². The van der Waals surface area contributed by atoms with Crippen molar-refractivity contribution in [2.24, 2.45) is 11.8 Å². The molecule has 110 valence electrons. The number of piperazine rings is 1. The van der Waals surface area contributed by atoms with Crippen molar-refractivity contribution in [3.05, 3.63) is 30.1 Å². The number of rotatable bonds is 3. The molecule has 0 aromatic heterocycles. The van der Waals surface area contributed by atoms with E-state index in [1.807, 2.05) is 12.1 Å². The van der Waals surface area contributed by atoms with Crippen molar-refractivity contribution in [1.82, 2.24) is 10.2 Å². The maximum Gasteiger partial charge on any atom is 0.146 e. The van der Waals surface area contributed by atoms with Gasteiger partial charge in [0.2, 0.25) is 0 Å². The van der Waals surface area contributed by atoms with Gasteiger partial charge in [0, 0.05) is 32.7 Å². The molecule has 0 radical (unpaired) electrons. The van der Waals surface area contributed by atoms with Crippen molar-refractivity contribution in [3.63, 3.8) is 0 Å². The standard InChI is InChI=1S/C16H24FN3/c1-13-10-18-11-14(13)12-19-6-8-20(9-7-19)16-5-3-2-4-15(16)17/h2-5,13-14,18H,6-12H2,1H3/t13-,14+/m1/s1. The lowest BCUT2D eigenvalue weighted by Gasteiger charge is -2.37. The molecule has 2 aliphatic rings. The first-order valence-corrected chi connectivity index (χ1v) is 7.66. The third-order valence-corrected chi connectivity index (χ3v) is 4.74. The third kappa shape index (κ3) is 2.96. The van der Waals surface area contributed by atoms with Crippen molar-refractivity contribution in [3.8, 4) is 0 Å². The lowest BCUT2D eigenvalue weighted by atomic mass is 9.97. The molecule has 3 nitrogen and oxygen atoms in total. The van der Waals surface area contributed by atoms with Crippen molar-refractivity contribution < 1.29 is 4.39 Å². The summed E-state index contributed by atoms with van der Waals surface area (Å²) in [5.41, 5.74) is 0.753. The van der Waals surface area contributed by atoms with Gasteiger partial charge >= 0.3 is 0 Å². The number of hydrogen-bond acceptors (Lipinski definition) is 3. The van der Waals surface area contributed by atoms with Crippen LogP contribution in [0.5, 0.6) is 0 Å². The Morgan fingerprint density at radius 1 is 1.15 bits per heavy atom. The largest absolute Gasteiger partial charge is 0.367 e. The van der Waals surface area contributed by atoms with Crippen LogP contribution in [0.25, 0.3) is 0 Å². The second-order valence-electron chi connectivity index (χ2n) is 6.13. The summed E-state index contributed by atoms with van der Waals surface area (Å²) < 4.78 is 13.8. The van der Waals surface area contributed by atoms with Crippen LogP contribution in [0.3, 0.4) is 0 Å². The molecule has 2 atom stereocenters. The average Bonchev–Trinajstić information content (AvgIpc) is 2.86. The minimum Gasteiger partial charge on any atom is -0.367 e. The average molecular weight is 277 g/mol. The second-order valence-corrected chi connectivity index (χ2v) is 6.13. The van der Waals surface area contributed by atoms with Crippen molar-refractivity contribution in [2.75, 3.05) is 50.7 Å². The summed E-state index contributed by atoms with van der Waals surface area (Å²) in [6.07, 6.45) is 0. The summed E-state index contributed by atoms with van der Waals surface area (Å²) >= 11 is 0. The molecule has 0 saturated carbocycles. The van der Waals surface area contributed by atoms with Crippen LogP contribution in [-0.4, -0.2) is 50.7 Å². The van der Waals surface area contributed by atoms with Gasteiger partial charge in [-0.25, -0.2) is 4.39 Å². The number of anilines is 1. The molecule has 2 heterocycles. The van der Waals surface area contributed by atoms with E-state index in [9.17, 15) is 4.39 Å². The summed E-state index contributed by atoms with van der Waals surface area (Å²) in [6.45, 7) is 9.74. The zero-order valence-corrected chi connectivity index (χ0v) is 12.2. The summed E-state index contributed by atoms with van der Waals surface area (Å²) in [6, 6.07) is 7.10. The predicted octanol–water partition coefficient (Wildman–Crippen LogP) is 1.80. The molecule has 0 unspecified atom stereocenters. The fourth-order valence-corrected chi connectivity index (χ4v) is 3.32. The van der Waals surface area contributed by atoms with E-state index in [0.717, 1.165) is 56.8 Å². The van der Waals surface area contributed by atoms with Gasteiger partial charge in [-0.05, 0) is 37.1 Å². The molecule has 1 aromatic rings. The molecular weight excluding hydrogens is 253 g/mol. The normalized spacial score (nSPS) is 28.0. The molecule has 2 aliphatic heterocycles. The number of benzene rings is 1. The molecule has 2 fully saturated rings. The Morgan fingerprint density at radius 2 is 1.90 bits per heavy atom. The summed E-state index contributed by atoms with van der Waals surface area (Å²) in [5, 5.41) is 3.47. The van der Waals surface area contributed by atoms with Crippen LogP contribution >= 0.6 is 0 Å². The van der Waals surface area contributed by atoms with Crippen LogP contribution in [0.1, 0.15) is 6.92 Å². The summed E-state index contributed by atoms with van der Waals surface area (Å²) in [4.78, 5) is 4.70. The smallest absolute Gasteiger partial charge is 0.146 e. The Hall–Kier alpha value is -1.13. The highest BCUT2D eigenvalue weighted by atomic mass is 19.1. The highest BCUT2D eigenvalue weighted by molar-refractivity contribution is 5.47. The lowest BCUT2D eigenvalue weighted by Crippen LogP contribution is -2.48. The van der Waals surface area contributed by atoms with Crippen LogP contribution < -0.4 is 10.2 Å². The first-order chi connectivity index (χ1) is 9.74. The van der Waals surface area contributed by atoms with Crippen LogP contribution in [0, 0.1) is 17.7 Å². The van der Waals surface area contributed by atoms with Gasteiger partial charge in [-0.3, -0.25) is 4.90 Å². The topological polar surface area (TPSA) is 18.5 Å². The molecule has 3 rings (SSSR count). The van der Waals surface area contributed by atoms with E-state index in [0.29, 0.717) is 0 Å². The van der Waals surface area contributed by atoms with E-state index in [1.165, 1.54) is 6.54 Å². The molecule has 0 spiro atoms. The SMILES string of the molecule is C[C@@H]1CNC[C@H]1CN1CCN(c2ccccc2F)CC1. The highest BCUT2D eigenvalue weighted by Gasteiger charge is 2.27. The fraction of sp³-hybridized carbons (Fsp3) is 0.625. The zero-order valence-electron chi connectivity index (χ0n) is 12.2. The molecule has 0 bridgehead atoms. The van der Waals surface area contributed by atoms with Gasteiger partial charge in [-0.2, -0.15) is 0 Å². The third-order valence-electron chi connectivity index (χ3n) is 4.74. The number of para-hydroxylation sites is 1. The van der Waals surface area contributed by atoms with Gasteiger partial charge in [0.1, 0.15) is 5.82 Å². The minimum atomic E-state index is -0.102. The lowest BCUT2D eigenvalue weighted by molar-refractivity contribution is 0.207. The summed E-state index contributed by atoms with van der Waals surface area (Å²) in [5.74, 6) is 1.45. The Morgan fingerprint density at radius 3 is 2.55 bits per heavy atom. The Kier molecular flexibility index (Phi) is 4.22. The van der Waals surface area contributed by atoms with Crippen LogP contribution in [-0.2, 0) is 0 Å². The molecular formula is C16H24FN3. The Balaban J connectivity index is 1.53. The monoisotopic (exact) mass is 277 g/mol. The van der Waals surface area contributed by atoms with Crippen molar-refractivity contribution >= 4 is 5.69 Å². The first kappa shape index (κ1) is 13.8. The van der Waals surface area contributed by atoms with Crippen molar-refractivity contribution in [2.45, 2.75) is 6.92 Å². The van der Waals surface area contributed by atoms with Gasteiger partial charge < -0.3 is 10.2 Å². The number of halogens is 1. The van der Waals surface area contributed by atoms with E-state index in [4.69, 9.17) is 0 Å². The quantitative estimate of drug-likeness (QED) is 0.909. The first-order valence-electron chi connectivity index (χ1n) is 7.66. The van der Waals surface area contributed by atoms with Crippen LogP contribution in [0.15, 0.2) is 24.3 Å². The summed E-state index contributed by atoms with van der Waals surface area (Å²) in [7, 11) is 0. The van der Waals surface area contributed by atoms with Crippen LogP contribution in [0.4, 0.5) is 10.1 Å². The molecule has 2 saturated heterocycles. The number of nitrogens with zero attached hydrogens (tertiary/aromatic N) is 2. The number of hydrogen-bond donors (Lipinski definition) is 1. The van der Waals surface area contributed by atoms with Gasteiger partial charge in [0.25, 0.3) is 0 Å². The van der Waals surface area contributed by atoms with Gasteiger partial charge in [-0.15, -0.1) is 0 Å².